The van der Waals surface area contributed by atoms with Gasteiger partial charge in [-0.05, 0) is 30.5 Å². The monoisotopic (exact) mass is 404 g/mol. The van der Waals surface area contributed by atoms with Gasteiger partial charge in [-0.15, -0.1) is 0 Å². The highest BCUT2D eigenvalue weighted by atomic mass is 32.2. The zero-order chi connectivity index (χ0) is 20.5. The lowest BCUT2D eigenvalue weighted by molar-refractivity contribution is -0.116. The summed E-state index contributed by atoms with van der Waals surface area (Å²) < 4.78 is 52.1. The third-order valence-electron chi connectivity index (χ3n) is 4.29. The van der Waals surface area contributed by atoms with Crippen molar-refractivity contribution in [2.24, 2.45) is 0 Å². The first-order valence-electron chi connectivity index (χ1n) is 8.41. The summed E-state index contributed by atoms with van der Waals surface area (Å²) in [5.74, 6) is -2.91. The lowest BCUT2D eigenvalue weighted by atomic mass is 10.1. The molecule has 0 saturated heterocycles. The van der Waals surface area contributed by atoms with Crippen LogP contribution in [0.2, 0.25) is 0 Å². The molecule has 5 nitrogen and oxygen atoms in total. The average molecular weight is 404 g/mol. The van der Waals surface area contributed by atoms with Crippen molar-refractivity contribution < 1.29 is 22.0 Å². The largest absolute Gasteiger partial charge is 0.324 e. The van der Waals surface area contributed by atoms with Crippen molar-refractivity contribution >= 4 is 38.1 Å². The molecular formula is C20H18F2N2O3S. The number of hydrogen-bond donors (Lipinski definition) is 1. The van der Waals surface area contributed by atoms with E-state index in [0.29, 0.717) is 5.69 Å². The zero-order valence-corrected chi connectivity index (χ0v) is 16.0. The number of anilines is 2. The van der Waals surface area contributed by atoms with Crippen molar-refractivity contribution in [3.05, 3.63) is 72.3 Å². The van der Waals surface area contributed by atoms with E-state index < -0.39 is 33.6 Å². The molecule has 3 aromatic rings. The van der Waals surface area contributed by atoms with Crippen LogP contribution in [0.4, 0.5) is 20.2 Å². The molecule has 3 rings (SSSR count). The summed E-state index contributed by atoms with van der Waals surface area (Å²) >= 11 is 0. The average Bonchev–Trinajstić information content (AvgIpc) is 2.64. The fraction of sp³-hybridized carbons (Fsp3) is 0.150. The molecule has 0 aliphatic heterocycles. The van der Waals surface area contributed by atoms with E-state index in [2.05, 4.69) is 5.32 Å². The number of rotatable bonds is 5. The first-order chi connectivity index (χ1) is 13.2. The summed E-state index contributed by atoms with van der Waals surface area (Å²) in [6.45, 7) is 1.38. The smallest absolute Gasteiger partial charge is 0.248 e. The molecule has 0 radical (unpaired) electrons. The highest BCUT2D eigenvalue weighted by Gasteiger charge is 2.30. The molecule has 1 unspecified atom stereocenters. The van der Waals surface area contributed by atoms with Crippen molar-refractivity contribution in [1.29, 1.82) is 0 Å². The number of sulfonamides is 1. The molecule has 146 valence electrons. The van der Waals surface area contributed by atoms with Crippen molar-refractivity contribution in [3.8, 4) is 0 Å². The van der Waals surface area contributed by atoms with Crippen molar-refractivity contribution in [3.63, 3.8) is 0 Å². The Balaban J connectivity index is 1.95. The Labute approximate surface area is 161 Å². The van der Waals surface area contributed by atoms with Gasteiger partial charge in [-0.25, -0.2) is 17.2 Å². The molecular weight excluding hydrogens is 386 g/mol. The fourth-order valence-corrected chi connectivity index (χ4v) is 4.17. The molecule has 0 saturated carbocycles. The Hall–Kier alpha value is -3.00. The van der Waals surface area contributed by atoms with E-state index in [0.717, 1.165) is 39.5 Å². The van der Waals surface area contributed by atoms with Gasteiger partial charge < -0.3 is 5.32 Å². The predicted octanol–water partition coefficient (Wildman–Crippen LogP) is 3.91. The van der Waals surface area contributed by atoms with Gasteiger partial charge >= 0.3 is 0 Å². The van der Waals surface area contributed by atoms with Crippen molar-refractivity contribution in [2.45, 2.75) is 13.0 Å². The Morgan fingerprint density at radius 2 is 1.68 bits per heavy atom. The quantitative estimate of drug-likeness (QED) is 0.701. The van der Waals surface area contributed by atoms with Crippen LogP contribution in [0, 0.1) is 11.6 Å². The van der Waals surface area contributed by atoms with Crippen LogP contribution in [0.15, 0.2) is 60.7 Å². The second kappa shape index (κ2) is 7.55. The number of nitrogens with one attached hydrogen (secondary N) is 1. The maximum Gasteiger partial charge on any atom is 0.248 e. The van der Waals surface area contributed by atoms with Gasteiger partial charge in [0.2, 0.25) is 15.9 Å². The van der Waals surface area contributed by atoms with Gasteiger partial charge in [-0.1, -0.05) is 36.4 Å². The molecule has 0 aliphatic carbocycles. The summed E-state index contributed by atoms with van der Waals surface area (Å²) in [5, 5.41) is 4.43. The minimum atomic E-state index is -3.94. The van der Waals surface area contributed by atoms with Crippen LogP contribution in [0.1, 0.15) is 6.92 Å². The summed E-state index contributed by atoms with van der Waals surface area (Å²) in [6, 6.07) is 14.3. The summed E-state index contributed by atoms with van der Waals surface area (Å²) in [6.07, 6.45) is 0.899. The molecule has 0 bridgehead atoms. The van der Waals surface area contributed by atoms with Gasteiger partial charge in [-0.3, -0.25) is 9.10 Å². The molecule has 0 aromatic heterocycles. The maximum atomic E-state index is 13.6. The van der Waals surface area contributed by atoms with Crippen LogP contribution in [-0.2, 0) is 14.8 Å². The summed E-state index contributed by atoms with van der Waals surface area (Å²) in [7, 11) is -3.94. The van der Waals surface area contributed by atoms with E-state index in [-0.39, 0.29) is 5.69 Å². The molecule has 3 aromatic carbocycles. The molecule has 1 amide bonds. The highest BCUT2D eigenvalue weighted by molar-refractivity contribution is 7.92. The minimum absolute atomic E-state index is 0.137. The van der Waals surface area contributed by atoms with Crippen LogP contribution in [0.3, 0.4) is 0 Å². The predicted molar refractivity (Wildman–Crippen MR) is 106 cm³/mol. The van der Waals surface area contributed by atoms with E-state index in [9.17, 15) is 22.0 Å². The minimum Gasteiger partial charge on any atom is -0.324 e. The molecule has 8 heteroatoms. The number of halogens is 2. The van der Waals surface area contributed by atoms with E-state index >= 15 is 0 Å². The molecule has 0 heterocycles. The zero-order valence-electron chi connectivity index (χ0n) is 15.2. The fourth-order valence-electron chi connectivity index (χ4n) is 3.00. The molecule has 1 N–H and O–H groups in total. The van der Waals surface area contributed by atoms with Gasteiger partial charge in [-0.2, -0.15) is 0 Å². The van der Waals surface area contributed by atoms with Gasteiger partial charge in [0.15, 0.2) is 11.6 Å². The SMILES string of the molecule is CC(C(=O)Nc1cccc2ccccc12)N(c1ccc(F)c(F)c1)S(C)(=O)=O. The van der Waals surface area contributed by atoms with Crippen LogP contribution in [0.25, 0.3) is 10.8 Å². The van der Waals surface area contributed by atoms with Gasteiger partial charge in [0.25, 0.3) is 0 Å². The Morgan fingerprint density at radius 3 is 2.36 bits per heavy atom. The lowest BCUT2D eigenvalue weighted by Gasteiger charge is -2.28. The topological polar surface area (TPSA) is 66.5 Å². The van der Waals surface area contributed by atoms with E-state index in [1.807, 2.05) is 30.3 Å². The lowest BCUT2D eigenvalue weighted by Crippen LogP contribution is -2.45. The number of amides is 1. The third-order valence-corrected chi connectivity index (χ3v) is 5.54. The molecule has 0 spiro atoms. The number of benzene rings is 3. The first kappa shape index (κ1) is 19.8. The highest BCUT2D eigenvalue weighted by Crippen LogP contribution is 2.26. The number of carbonyl (C=O) groups is 1. The molecule has 28 heavy (non-hydrogen) atoms. The van der Waals surface area contributed by atoms with Crippen LogP contribution in [-0.4, -0.2) is 26.6 Å². The Morgan fingerprint density at radius 1 is 1.00 bits per heavy atom. The van der Waals surface area contributed by atoms with Crippen LogP contribution >= 0.6 is 0 Å². The number of fused-ring (bicyclic) bond motifs is 1. The van der Waals surface area contributed by atoms with Gasteiger partial charge in [0.1, 0.15) is 6.04 Å². The van der Waals surface area contributed by atoms with Gasteiger partial charge in [0, 0.05) is 17.1 Å². The van der Waals surface area contributed by atoms with E-state index in [1.165, 1.54) is 6.92 Å². The first-order valence-corrected chi connectivity index (χ1v) is 10.3. The van der Waals surface area contributed by atoms with Crippen molar-refractivity contribution in [1.82, 2.24) is 0 Å². The Kier molecular flexibility index (Phi) is 5.33. The summed E-state index contributed by atoms with van der Waals surface area (Å²) in [4.78, 5) is 12.8. The molecule has 0 fully saturated rings. The van der Waals surface area contributed by atoms with E-state index in [4.69, 9.17) is 0 Å². The Bertz CT molecular complexity index is 1140. The van der Waals surface area contributed by atoms with Crippen LogP contribution < -0.4 is 9.62 Å². The second-order valence-corrected chi connectivity index (χ2v) is 8.21. The second-order valence-electron chi connectivity index (χ2n) is 6.35. The van der Waals surface area contributed by atoms with Crippen molar-refractivity contribution in [2.75, 3.05) is 15.9 Å². The molecule has 1 atom stereocenters. The van der Waals surface area contributed by atoms with E-state index in [1.54, 1.807) is 12.1 Å². The molecule has 0 aliphatic rings. The maximum absolute atomic E-state index is 13.6. The standard InChI is InChI=1S/C20H18F2N2O3S/c1-13(24(28(2,26)27)15-10-11-17(21)18(22)12-15)20(25)23-19-9-5-7-14-6-3-4-8-16(14)19/h3-13H,1-2H3,(H,23,25). The summed E-state index contributed by atoms with van der Waals surface area (Å²) in [5.41, 5.74) is 0.385. The number of carbonyl (C=O) groups excluding carboxylic acids is 1. The normalized spacial score (nSPS) is 12.6. The van der Waals surface area contributed by atoms with Crippen LogP contribution in [0.5, 0.6) is 0 Å². The number of hydrogen-bond acceptors (Lipinski definition) is 3. The van der Waals surface area contributed by atoms with Gasteiger partial charge in [0.05, 0.1) is 11.9 Å². The third kappa shape index (κ3) is 3.96. The number of nitrogens with zero attached hydrogens (tertiary/aromatic N) is 1.